The van der Waals surface area contributed by atoms with E-state index in [-0.39, 0.29) is 52.9 Å². The Balaban J connectivity index is 0.00000368. The van der Waals surface area contributed by atoms with Gasteiger partial charge in [-0.05, 0) is 86.6 Å². The molecule has 8 nitrogen and oxygen atoms in total. The van der Waals surface area contributed by atoms with Crippen LogP contribution < -0.4 is 20.7 Å². The van der Waals surface area contributed by atoms with Crippen LogP contribution in [0.3, 0.4) is 0 Å². The maximum atomic E-state index is 13.4. The standard InChI is InChI=1S/C34H37N4O4.Ni/c1-8-20-15(2)23-14-28-31(19(6)39)17(4)25(36-28)12-24-16(3)21(9-10-30(41)42-7)33(37-24)22-11-29(40)32-18(5)26(38-34(22)32)13-27(20)35-23;/h12-14,16,19,21,39H,8-11H2,1-7H3,(H-,35,36,37,38,40);/q-1;+2/p-1/t16-,19?,21-;/m0./s1. The number of allylic oxidation sites excluding steroid dienone is 6. The Morgan fingerprint density at radius 1 is 1.12 bits per heavy atom. The third-order valence-corrected chi connectivity index (χ3v) is 9.29. The molecule has 4 aliphatic heterocycles. The van der Waals surface area contributed by atoms with Crippen LogP contribution in [0, 0.1) is 18.8 Å². The number of aromatic nitrogens is 1. The minimum absolute atomic E-state index is 0. The number of carbonyl (C=O) groups excluding carboxylic acids is 1. The molecule has 0 aromatic carbocycles. The number of aliphatic hydroxyl groups is 1. The zero-order valence-corrected chi connectivity index (χ0v) is 26.6. The Labute approximate surface area is 261 Å². The van der Waals surface area contributed by atoms with Gasteiger partial charge in [0.25, 0.3) is 0 Å². The van der Waals surface area contributed by atoms with Gasteiger partial charge in [0.1, 0.15) is 0 Å². The fourth-order valence-electron chi connectivity index (χ4n) is 6.91. The quantitative estimate of drug-likeness (QED) is 0.400. The maximum absolute atomic E-state index is 13.4. The van der Waals surface area contributed by atoms with Crippen molar-refractivity contribution < 1.29 is 36.2 Å². The van der Waals surface area contributed by atoms with E-state index in [1.165, 1.54) is 7.11 Å². The number of ether oxygens (including phenoxy) is 1. The van der Waals surface area contributed by atoms with Crippen LogP contribution in [0.25, 0.3) is 17.4 Å². The first-order valence-corrected chi connectivity index (χ1v) is 14.7. The molecular weight excluding hydrogens is 587 g/mol. The molecule has 1 aromatic rings. The van der Waals surface area contributed by atoms with E-state index in [1.807, 2.05) is 32.1 Å². The second-order valence-electron chi connectivity index (χ2n) is 11.7. The predicted octanol–water partition coefficient (Wildman–Crippen LogP) is 3.09. The predicted molar refractivity (Wildman–Crippen MR) is 163 cm³/mol. The summed E-state index contributed by atoms with van der Waals surface area (Å²) in [6.45, 7) is 12.0. The van der Waals surface area contributed by atoms with E-state index in [1.54, 1.807) is 6.92 Å². The Bertz CT molecular complexity index is 1820. The number of methoxy groups -OCH3 is 1. The average molecular weight is 623 g/mol. The van der Waals surface area contributed by atoms with Gasteiger partial charge in [-0.15, -0.1) is 16.8 Å². The Morgan fingerprint density at radius 2 is 1.81 bits per heavy atom. The number of nitrogens with zero attached hydrogens (tertiary/aromatic N) is 4. The molecule has 0 fully saturated rings. The third-order valence-electron chi connectivity index (χ3n) is 9.29. The minimum atomic E-state index is -0.717. The molecule has 5 heterocycles. The fraction of sp³-hybridized carbons (Fsp3) is 0.412. The van der Waals surface area contributed by atoms with Crippen LogP contribution in [0.5, 0.6) is 0 Å². The van der Waals surface area contributed by atoms with E-state index in [2.05, 4.69) is 20.8 Å². The molecule has 3 atom stereocenters. The summed E-state index contributed by atoms with van der Waals surface area (Å²) >= 11 is 0. The van der Waals surface area contributed by atoms with Crippen LogP contribution in [-0.2, 0) is 26.0 Å². The van der Waals surface area contributed by atoms with E-state index >= 15 is 0 Å². The number of hydrogen-bond donors (Lipinski definition) is 1. The molecule has 43 heavy (non-hydrogen) atoms. The maximum Gasteiger partial charge on any atom is 2.00 e. The second-order valence-corrected chi connectivity index (χ2v) is 11.7. The van der Waals surface area contributed by atoms with Crippen molar-refractivity contribution in [2.45, 2.75) is 73.3 Å². The van der Waals surface area contributed by atoms with Gasteiger partial charge in [-0.25, -0.2) is 9.98 Å². The number of rotatable bonds is 5. The van der Waals surface area contributed by atoms with Crippen molar-refractivity contribution in [3.05, 3.63) is 73.4 Å². The summed E-state index contributed by atoms with van der Waals surface area (Å²) in [5.41, 5.74) is 11.0. The van der Waals surface area contributed by atoms with Crippen molar-refractivity contribution in [3.63, 3.8) is 0 Å². The molecule has 1 aliphatic carbocycles. The fourth-order valence-corrected chi connectivity index (χ4v) is 6.91. The molecule has 0 saturated heterocycles. The van der Waals surface area contributed by atoms with Gasteiger partial charge in [0.2, 0.25) is 0 Å². The van der Waals surface area contributed by atoms with Crippen molar-refractivity contribution >= 4 is 40.5 Å². The van der Waals surface area contributed by atoms with Crippen molar-refractivity contribution in [2.75, 3.05) is 7.11 Å². The first-order valence-electron chi connectivity index (χ1n) is 14.7. The molecule has 0 amide bonds. The number of fused-ring (bicyclic) bond motifs is 5. The summed E-state index contributed by atoms with van der Waals surface area (Å²) in [5.74, 6) is -0.347. The first-order chi connectivity index (χ1) is 20.0. The van der Waals surface area contributed by atoms with Crippen molar-refractivity contribution in [3.8, 4) is 0 Å². The largest absolute Gasteiger partial charge is 2.00 e. The molecule has 1 unspecified atom stereocenters. The molecule has 0 spiro atoms. The summed E-state index contributed by atoms with van der Waals surface area (Å²) in [6, 6.07) is 0. The molecule has 8 bridgehead atoms. The van der Waals surface area contributed by atoms with Crippen LogP contribution in [0.2, 0.25) is 0 Å². The van der Waals surface area contributed by atoms with Gasteiger partial charge in [-0.3, -0.25) is 9.79 Å². The number of aliphatic imine (C=N–C) groups is 3. The molecule has 0 saturated carbocycles. The van der Waals surface area contributed by atoms with Gasteiger partial charge in [0.15, 0.2) is 0 Å². The first kappa shape index (κ1) is 30.9. The third kappa shape index (κ3) is 4.96. The van der Waals surface area contributed by atoms with Crippen molar-refractivity contribution in [1.82, 2.24) is 4.98 Å². The zero-order chi connectivity index (χ0) is 30.0. The zero-order valence-electron chi connectivity index (χ0n) is 25.6. The number of hydrogen-bond acceptors (Lipinski definition) is 7. The van der Waals surface area contributed by atoms with Crippen molar-refractivity contribution in [1.29, 1.82) is 0 Å². The molecule has 1 N–H and O–H groups in total. The minimum Gasteiger partial charge on any atom is -0.875 e. The van der Waals surface area contributed by atoms with Gasteiger partial charge < -0.3 is 19.9 Å². The van der Waals surface area contributed by atoms with Gasteiger partial charge in [-0.1, -0.05) is 25.5 Å². The summed E-state index contributed by atoms with van der Waals surface area (Å²) in [4.78, 5) is 32.3. The molecule has 0 radical (unpaired) electrons. The van der Waals surface area contributed by atoms with Crippen LogP contribution in [-0.4, -0.2) is 41.4 Å². The van der Waals surface area contributed by atoms with Crippen LogP contribution >= 0.6 is 0 Å². The molecule has 6 rings (SSSR count). The summed E-state index contributed by atoms with van der Waals surface area (Å²) in [5, 5.41) is 25.6. The van der Waals surface area contributed by atoms with Gasteiger partial charge in [-0.2, -0.15) is 0 Å². The SMILES string of the molecule is CCC1=C(C)C2=NC1=Cc1[n-]c3c(c1C)=C([O-])CC=3C1=NC(=CC3=NC(=C2)C(C(C)O)=C3C)[C@@H](C)[C@@H]1CCC(=O)OC.[Ni+2]. The van der Waals surface area contributed by atoms with Gasteiger partial charge in [0.05, 0.1) is 36.0 Å². The monoisotopic (exact) mass is 622 g/mol. The van der Waals surface area contributed by atoms with E-state index in [4.69, 9.17) is 24.7 Å². The smallest absolute Gasteiger partial charge is 0.875 e. The molecule has 1 aromatic heterocycles. The average Bonchev–Trinajstić information content (AvgIpc) is 3.70. The van der Waals surface area contributed by atoms with Gasteiger partial charge in [0, 0.05) is 35.2 Å². The normalized spacial score (nSPS) is 23.1. The van der Waals surface area contributed by atoms with Crippen molar-refractivity contribution in [2.24, 2.45) is 26.8 Å². The topological polar surface area (TPSA) is 121 Å². The summed E-state index contributed by atoms with van der Waals surface area (Å²) in [7, 11) is 1.40. The molecule has 226 valence electrons. The van der Waals surface area contributed by atoms with Crippen LogP contribution in [0.15, 0.2) is 66.5 Å². The van der Waals surface area contributed by atoms with Crippen LogP contribution in [0.4, 0.5) is 0 Å². The second kappa shape index (κ2) is 11.5. The molecule has 9 heteroatoms. The van der Waals surface area contributed by atoms with E-state index in [0.29, 0.717) is 22.7 Å². The Kier molecular flexibility index (Phi) is 8.27. The van der Waals surface area contributed by atoms with Crippen LogP contribution in [0.1, 0.15) is 71.6 Å². The number of carbonyl (C=O) groups is 1. The summed E-state index contributed by atoms with van der Waals surface area (Å²) in [6.07, 6.45) is 7.04. The van der Waals surface area contributed by atoms with E-state index < -0.39 is 6.10 Å². The number of aliphatic hydroxyl groups excluding tert-OH is 1. The number of esters is 1. The van der Waals surface area contributed by atoms with Gasteiger partial charge >= 0.3 is 22.5 Å². The van der Waals surface area contributed by atoms with E-state index in [9.17, 15) is 15.0 Å². The molecular formula is C34H36N4NiO4. The Morgan fingerprint density at radius 3 is 2.49 bits per heavy atom. The summed E-state index contributed by atoms with van der Waals surface area (Å²) < 4.78 is 4.94. The Hall–Kier alpha value is -3.55. The van der Waals surface area contributed by atoms with E-state index in [0.717, 1.165) is 74.1 Å². The molecule has 5 aliphatic rings.